The van der Waals surface area contributed by atoms with E-state index in [1.807, 2.05) is 19.1 Å². The van der Waals surface area contributed by atoms with Crippen molar-refractivity contribution in [3.05, 3.63) is 59.7 Å². The smallest absolute Gasteiger partial charge is 0.326 e. The molecule has 1 aliphatic rings. The van der Waals surface area contributed by atoms with Gasteiger partial charge in [0.25, 0.3) is 17.6 Å². The predicted molar refractivity (Wildman–Crippen MR) is 98.5 cm³/mol. The van der Waals surface area contributed by atoms with Crippen LogP contribution in [0.3, 0.4) is 0 Å². The largest absolute Gasteiger partial charge is 0.451 e. The van der Waals surface area contributed by atoms with E-state index in [0.29, 0.717) is 11.4 Å². The van der Waals surface area contributed by atoms with E-state index in [2.05, 4.69) is 5.32 Å². The van der Waals surface area contributed by atoms with E-state index in [9.17, 15) is 19.2 Å². The first kappa shape index (κ1) is 18.3. The molecular formula is C20H18N2O5. The van der Waals surface area contributed by atoms with Crippen LogP contribution in [0, 0.1) is 6.92 Å². The summed E-state index contributed by atoms with van der Waals surface area (Å²) in [7, 11) is 0. The highest BCUT2D eigenvalue weighted by Gasteiger charge is 2.37. The number of para-hydroxylation sites is 1. The number of ether oxygens (including phenoxy) is 1. The predicted octanol–water partition coefficient (Wildman–Crippen LogP) is 2.09. The number of esters is 1. The molecule has 1 aliphatic heterocycles. The number of hydrogen-bond donors (Lipinski definition) is 1. The van der Waals surface area contributed by atoms with Gasteiger partial charge in [-0.05, 0) is 38.1 Å². The Morgan fingerprint density at radius 2 is 1.74 bits per heavy atom. The van der Waals surface area contributed by atoms with Crippen LogP contribution in [-0.2, 0) is 19.1 Å². The molecule has 0 unspecified atom stereocenters. The van der Waals surface area contributed by atoms with Gasteiger partial charge in [-0.3, -0.25) is 24.1 Å². The molecule has 2 aromatic rings. The molecule has 0 bridgehead atoms. The number of hydrogen-bond acceptors (Lipinski definition) is 5. The summed E-state index contributed by atoms with van der Waals surface area (Å²) < 4.78 is 5.11. The molecule has 7 heteroatoms. The van der Waals surface area contributed by atoms with Crippen LogP contribution < -0.4 is 10.2 Å². The van der Waals surface area contributed by atoms with Crippen molar-refractivity contribution in [2.75, 3.05) is 16.8 Å². The van der Waals surface area contributed by atoms with E-state index in [1.54, 1.807) is 30.3 Å². The lowest BCUT2D eigenvalue weighted by Gasteiger charge is -2.18. The molecule has 0 spiro atoms. The molecule has 0 aliphatic carbocycles. The summed E-state index contributed by atoms with van der Waals surface area (Å²) in [6, 6.07) is 13.6. The van der Waals surface area contributed by atoms with E-state index < -0.39 is 36.2 Å². The number of anilines is 2. The second kappa shape index (κ2) is 7.41. The third-order valence-corrected chi connectivity index (χ3v) is 4.16. The second-order valence-corrected chi connectivity index (χ2v) is 6.22. The van der Waals surface area contributed by atoms with Crippen LogP contribution in [0.1, 0.15) is 22.8 Å². The van der Waals surface area contributed by atoms with Gasteiger partial charge in [0, 0.05) is 5.69 Å². The first-order valence-electron chi connectivity index (χ1n) is 8.39. The molecule has 2 amide bonds. The van der Waals surface area contributed by atoms with Crippen LogP contribution >= 0.6 is 0 Å². The van der Waals surface area contributed by atoms with Crippen molar-refractivity contribution >= 4 is 34.9 Å². The Labute approximate surface area is 155 Å². The molecule has 0 radical (unpaired) electrons. The van der Waals surface area contributed by atoms with Crippen LogP contribution in [0.5, 0.6) is 0 Å². The van der Waals surface area contributed by atoms with Crippen molar-refractivity contribution in [1.82, 2.24) is 0 Å². The highest BCUT2D eigenvalue weighted by atomic mass is 16.5. The maximum Gasteiger partial charge on any atom is 0.326 e. The fourth-order valence-corrected chi connectivity index (χ4v) is 2.70. The Morgan fingerprint density at radius 3 is 2.44 bits per heavy atom. The Kier molecular flexibility index (Phi) is 5.03. The molecule has 0 saturated heterocycles. The molecule has 1 N–H and O–H groups in total. The molecule has 3 rings (SSSR count). The van der Waals surface area contributed by atoms with Gasteiger partial charge in [-0.15, -0.1) is 0 Å². The minimum Gasteiger partial charge on any atom is -0.451 e. The van der Waals surface area contributed by atoms with Crippen molar-refractivity contribution in [2.45, 2.75) is 20.0 Å². The van der Waals surface area contributed by atoms with Crippen molar-refractivity contribution < 1.29 is 23.9 Å². The fraction of sp³-hybridized carbons (Fsp3) is 0.200. The number of ketones is 1. The van der Waals surface area contributed by atoms with Gasteiger partial charge >= 0.3 is 5.97 Å². The molecule has 7 nitrogen and oxygen atoms in total. The number of rotatable bonds is 5. The van der Waals surface area contributed by atoms with E-state index in [4.69, 9.17) is 4.74 Å². The first-order valence-corrected chi connectivity index (χ1v) is 8.39. The summed E-state index contributed by atoms with van der Waals surface area (Å²) in [6.07, 6.45) is -1.05. The SMILES string of the molecule is Cc1ccc(NC(=O)[C@H](C)OC(=O)CN2C(=O)C(=O)c3ccccc32)cc1. The van der Waals surface area contributed by atoms with Gasteiger partial charge in [-0.2, -0.15) is 0 Å². The molecular weight excluding hydrogens is 348 g/mol. The molecule has 0 saturated carbocycles. The van der Waals surface area contributed by atoms with Crippen LogP contribution in [-0.4, -0.2) is 36.2 Å². The summed E-state index contributed by atoms with van der Waals surface area (Å²) in [6.45, 7) is 2.93. The van der Waals surface area contributed by atoms with E-state index >= 15 is 0 Å². The fourth-order valence-electron chi connectivity index (χ4n) is 2.70. The number of aryl methyl sites for hydroxylation is 1. The quantitative estimate of drug-likeness (QED) is 0.646. The summed E-state index contributed by atoms with van der Waals surface area (Å²) in [4.78, 5) is 49.4. The number of benzene rings is 2. The normalized spacial score (nSPS) is 13.9. The summed E-state index contributed by atoms with van der Waals surface area (Å²) in [5, 5.41) is 2.65. The number of fused-ring (bicyclic) bond motifs is 1. The van der Waals surface area contributed by atoms with Crippen LogP contribution in [0.25, 0.3) is 0 Å². The average Bonchev–Trinajstić information content (AvgIpc) is 2.89. The van der Waals surface area contributed by atoms with Gasteiger partial charge in [-0.25, -0.2) is 0 Å². The molecule has 1 heterocycles. The first-order chi connectivity index (χ1) is 12.9. The van der Waals surface area contributed by atoms with Gasteiger partial charge < -0.3 is 10.1 Å². The van der Waals surface area contributed by atoms with Crippen molar-refractivity contribution in [3.63, 3.8) is 0 Å². The molecule has 27 heavy (non-hydrogen) atoms. The molecule has 1 atom stereocenters. The third-order valence-electron chi connectivity index (χ3n) is 4.16. The zero-order chi connectivity index (χ0) is 19.6. The Morgan fingerprint density at radius 1 is 1.07 bits per heavy atom. The third kappa shape index (κ3) is 3.87. The van der Waals surface area contributed by atoms with Crippen LogP contribution in [0.15, 0.2) is 48.5 Å². The molecule has 0 aromatic heterocycles. The Balaban J connectivity index is 1.60. The summed E-state index contributed by atoms with van der Waals surface area (Å²) >= 11 is 0. The highest BCUT2D eigenvalue weighted by molar-refractivity contribution is 6.52. The van der Waals surface area contributed by atoms with Crippen molar-refractivity contribution in [2.24, 2.45) is 0 Å². The van der Waals surface area contributed by atoms with E-state index in [-0.39, 0.29) is 5.56 Å². The number of nitrogens with zero attached hydrogens (tertiary/aromatic N) is 1. The summed E-state index contributed by atoms with van der Waals surface area (Å²) in [5.41, 5.74) is 2.25. The zero-order valence-corrected chi connectivity index (χ0v) is 14.9. The Bertz CT molecular complexity index is 920. The average molecular weight is 366 g/mol. The molecule has 0 fully saturated rings. The standard InChI is InChI=1S/C20H18N2O5/c1-12-7-9-14(10-8-12)21-19(25)13(2)27-17(23)11-22-16-6-4-3-5-15(16)18(24)20(22)26/h3-10,13H,11H2,1-2H3,(H,21,25)/t13-/m0/s1. The Hall–Kier alpha value is -3.48. The lowest BCUT2D eigenvalue weighted by molar-refractivity contribution is -0.152. The number of carbonyl (C=O) groups is 4. The highest BCUT2D eigenvalue weighted by Crippen LogP contribution is 2.28. The van der Waals surface area contributed by atoms with Crippen molar-refractivity contribution in [3.8, 4) is 0 Å². The van der Waals surface area contributed by atoms with Gasteiger partial charge in [0.1, 0.15) is 6.54 Å². The van der Waals surface area contributed by atoms with Gasteiger partial charge in [0.2, 0.25) is 0 Å². The van der Waals surface area contributed by atoms with Crippen LogP contribution in [0.2, 0.25) is 0 Å². The minimum absolute atomic E-state index is 0.250. The zero-order valence-electron chi connectivity index (χ0n) is 14.9. The van der Waals surface area contributed by atoms with Gasteiger partial charge in [-0.1, -0.05) is 29.8 Å². The van der Waals surface area contributed by atoms with Crippen molar-refractivity contribution in [1.29, 1.82) is 0 Å². The summed E-state index contributed by atoms with van der Waals surface area (Å²) in [5.74, 6) is -2.72. The lowest BCUT2D eigenvalue weighted by Crippen LogP contribution is -2.38. The number of Topliss-reactive ketones (excluding diaryl/α,β-unsaturated/α-hetero) is 1. The number of carbonyl (C=O) groups excluding carboxylic acids is 4. The maximum absolute atomic E-state index is 12.2. The molecule has 2 aromatic carbocycles. The van der Waals surface area contributed by atoms with Gasteiger partial charge in [0.05, 0.1) is 11.3 Å². The second-order valence-electron chi connectivity index (χ2n) is 6.22. The van der Waals surface area contributed by atoms with E-state index in [0.717, 1.165) is 10.5 Å². The van der Waals surface area contributed by atoms with Crippen LogP contribution in [0.4, 0.5) is 11.4 Å². The topological polar surface area (TPSA) is 92.8 Å². The monoisotopic (exact) mass is 366 g/mol. The lowest BCUT2D eigenvalue weighted by atomic mass is 10.1. The minimum atomic E-state index is -1.05. The van der Waals surface area contributed by atoms with Gasteiger partial charge in [0.15, 0.2) is 6.10 Å². The molecule has 138 valence electrons. The maximum atomic E-state index is 12.2. The van der Waals surface area contributed by atoms with E-state index in [1.165, 1.54) is 13.0 Å². The number of nitrogens with one attached hydrogen (secondary N) is 1. The number of amides is 2.